The molecule has 28 heavy (non-hydrogen) atoms. The van der Waals surface area contributed by atoms with Crippen LogP contribution in [0.3, 0.4) is 0 Å². The average molecular weight is 392 g/mol. The Bertz CT molecular complexity index is 1060. The topological polar surface area (TPSA) is 69.9 Å². The molecule has 0 unspecified atom stereocenters. The van der Waals surface area contributed by atoms with Gasteiger partial charge in [-0.25, -0.2) is 4.98 Å². The van der Waals surface area contributed by atoms with Gasteiger partial charge in [0.2, 0.25) is 5.89 Å². The molecule has 4 aromatic rings. The Morgan fingerprint density at radius 3 is 2.71 bits per heavy atom. The molecule has 1 aliphatic rings. The second-order valence-electron chi connectivity index (χ2n) is 7.08. The van der Waals surface area contributed by atoms with Gasteiger partial charge in [-0.2, -0.15) is 0 Å². The minimum Gasteiger partial charge on any atom is -0.467 e. The summed E-state index contributed by atoms with van der Waals surface area (Å²) >= 11 is 1.62. The summed E-state index contributed by atoms with van der Waals surface area (Å²) in [6.45, 7) is 2.72. The van der Waals surface area contributed by atoms with Crippen LogP contribution in [0.15, 0.2) is 62.9 Å². The molecule has 0 N–H and O–H groups in total. The molecule has 0 saturated heterocycles. The molecule has 0 spiro atoms. The molecule has 0 radical (unpaired) electrons. The van der Waals surface area contributed by atoms with E-state index in [1.807, 2.05) is 24.3 Å². The van der Waals surface area contributed by atoms with Crippen molar-refractivity contribution in [3.8, 4) is 11.5 Å². The highest BCUT2D eigenvalue weighted by atomic mass is 32.2. The SMILES string of the molecule is Cc1ccc(-c2nc(CSc3nnc(C4CC4)n3Cc3ccco3)co2)cc1. The highest BCUT2D eigenvalue weighted by molar-refractivity contribution is 7.98. The lowest BCUT2D eigenvalue weighted by Gasteiger charge is -2.07. The summed E-state index contributed by atoms with van der Waals surface area (Å²) in [6, 6.07) is 12.1. The summed E-state index contributed by atoms with van der Waals surface area (Å²) in [4.78, 5) is 4.62. The van der Waals surface area contributed by atoms with Crippen molar-refractivity contribution in [2.45, 2.75) is 43.1 Å². The Morgan fingerprint density at radius 2 is 1.96 bits per heavy atom. The summed E-state index contributed by atoms with van der Waals surface area (Å²) in [7, 11) is 0. The van der Waals surface area contributed by atoms with Crippen LogP contribution in [0.4, 0.5) is 0 Å². The molecule has 1 fully saturated rings. The Kier molecular flexibility index (Phi) is 4.52. The van der Waals surface area contributed by atoms with Gasteiger partial charge in [-0.15, -0.1) is 10.2 Å². The van der Waals surface area contributed by atoms with E-state index in [4.69, 9.17) is 8.83 Å². The highest BCUT2D eigenvalue weighted by Crippen LogP contribution is 2.40. The van der Waals surface area contributed by atoms with E-state index in [0.717, 1.165) is 28.0 Å². The van der Waals surface area contributed by atoms with Gasteiger partial charge in [0.05, 0.1) is 18.5 Å². The molecular weight excluding hydrogens is 372 g/mol. The van der Waals surface area contributed by atoms with Crippen LogP contribution in [-0.4, -0.2) is 19.7 Å². The molecular formula is C21H20N4O2S. The molecule has 0 amide bonds. The van der Waals surface area contributed by atoms with Gasteiger partial charge in [-0.1, -0.05) is 29.5 Å². The summed E-state index contributed by atoms with van der Waals surface area (Å²) in [5, 5.41) is 9.75. The molecule has 5 rings (SSSR count). The number of thioether (sulfide) groups is 1. The van der Waals surface area contributed by atoms with Crippen LogP contribution in [0, 0.1) is 6.92 Å². The van der Waals surface area contributed by atoms with Crippen molar-refractivity contribution in [2.24, 2.45) is 0 Å². The van der Waals surface area contributed by atoms with E-state index in [9.17, 15) is 0 Å². The number of aryl methyl sites for hydroxylation is 1. The number of oxazole rings is 1. The van der Waals surface area contributed by atoms with Crippen LogP contribution in [0.2, 0.25) is 0 Å². The van der Waals surface area contributed by atoms with E-state index in [0.29, 0.717) is 24.1 Å². The largest absolute Gasteiger partial charge is 0.467 e. The predicted octanol–water partition coefficient (Wildman–Crippen LogP) is 5.05. The molecule has 3 heterocycles. The summed E-state index contributed by atoms with van der Waals surface area (Å²) < 4.78 is 13.4. The summed E-state index contributed by atoms with van der Waals surface area (Å²) in [6.07, 6.45) is 5.79. The van der Waals surface area contributed by atoms with Crippen molar-refractivity contribution >= 4 is 11.8 Å². The minimum atomic E-state index is 0.525. The van der Waals surface area contributed by atoms with Gasteiger partial charge in [0.25, 0.3) is 0 Å². The normalized spacial score (nSPS) is 13.9. The van der Waals surface area contributed by atoms with Gasteiger partial charge >= 0.3 is 0 Å². The lowest BCUT2D eigenvalue weighted by atomic mass is 10.1. The van der Waals surface area contributed by atoms with Crippen molar-refractivity contribution in [1.82, 2.24) is 19.7 Å². The molecule has 7 heteroatoms. The number of rotatable bonds is 7. The third-order valence-corrected chi connectivity index (χ3v) is 5.78. The van der Waals surface area contributed by atoms with Crippen LogP contribution < -0.4 is 0 Å². The van der Waals surface area contributed by atoms with Gasteiger partial charge in [-0.3, -0.25) is 4.57 Å². The first kappa shape index (κ1) is 17.3. The van der Waals surface area contributed by atoms with E-state index >= 15 is 0 Å². The third-order valence-electron chi connectivity index (χ3n) is 4.78. The summed E-state index contributed by atoms with van der Waals surface area (Å²) in [5.41, 5.74) is 3.09. The number of aromatic nitrogens is 4. The molecule has 6 nitrogen and oxygen atoms in total. The lowest BCUT2D eigenvalue weighted by Crippen LogP contribution is -2.05. The molecule has 142 valence electrons. The van der Waals surface area contributed by atoms with Crippen LogP contribution in [-0.2, 0) is 12.3 Å². The second kappa shape index (κ2) is 7.31. The number of furan rings is 1. The maximum absolute atomic E-state index is 5.67. The monoisotopic (exact) mass is 392 g/mol. The van der Waals surface area contributed by atoms with E-state index in [1.165, 1.54) is 18.4 Å². The zero-order valence-corrected chi connectivity index (χ0v) is 16.4. The fraction of sp³-hybridized carbons (Fsp3) is 0.286. The average Bonchev–Trinajstić information content (AvgIpc) is 3.10. The minimum absolute atomic E-state index is 0.525. The van der Waals surface area contributed by atoms with Crippen molar-refractivity contribution < 1.29 is 8.83 Å². The fourth-order valence-corrected chi connectivity index (χ4v) is 3.92. The first-order valence-corrected chi connectivity index (χ1v) is 10.3. The Morgan fingerprint density at radius 1 is 1.11 bits per heavy atom. The fourth-order valence-electron chi connectivity index (χ4n) is 3.10. The van der Waals surface area contributed by atoms with E-state index in [-0.39, 0.29) is 0 Å². The first-order chi connectivity index (χ1) is 13.8. The quantitative estimate of drug-likeness (QED) is 0.410. The smallest absolute Gasteiger partial charge is 0.226 e. The van der Waals surface area contributed by atoms with Crippen LogP contribution >= 0.6 is 11.8 Å². The zero-order chi connectivity index (χ0) is 18.9. The maximum Gasteiger partial charge on any atom is 0.226 e. The van der Waals surface area contributed by atoms with Crippen molar-refractivity contribution in [1.29, 1.82) is 0 Å². The third kappa shape index (κ3) is 3.62. The summed E-state index contributed by atoms with van der Waals surface area (Å²) in [5.74, 6) is 3.81. The number of hydrogen-bond donors (Lipinski definition) is 0. The van der Waals surface area contributed by atoms with Gasteiger partial charge in [0.1, 0.15) is 17.8 Å². The van der Waals surface area contributed by atoms with Crippen molar-refractivity contribution in [2.75, 3.05) is 0 Å². The molecule has 1 aromatic carbocycles. The van der Waals surface area contributed by atoms with Gasteiger partial charge in [-0.05, 0) is 44.0 Å². The number of nitrogens with zero attached hydrogens (tertiary/aromatic N) is 4. The number of hydrogen-bond acceptors (Lipinski definition) is 6. The molecule has 1 saturated carbocycles. The van der Waals surface area contributed by atoms with Crippen LogP contribution in [0.25, 0.3) is 11.5 Å². The highest BCUT2D eigenvalue weighted by Gasteiger charge is 2.30. The zero-order valence-electron chi connectivity index (χ0n) is 15.5. The predicted molar refractivity (Wildman–Crippen MR) is 106 cm³/mol. The van der Waals surface area contributed by atoms with E-state index in [1.54, 1.807) is 24.3 Å². The Balaban J connectivity index is 1.32. The Hall–Kier alpha value is -2.80. The number of benzene rings is 1. The van der Waals surface area contributed by atoms with Crippen LogP contribution in [0.1, 0.15) is 41.6 Å². The molecule has 1 aliphatic carbocycles. The standard InChI is InChI=1S/C21H20N4O2S/c1-14-4-6-16(7-5-14)20-22-17(12-27-20)13-28-21-24-23-19(15-8-9-15)25(21)11-18-3-2-10-26-18/h2-7,10,12,15H,8-9,11,13H2,1H3. The van der Waals surface area contributed by atoms with Crippen molar-refractivity contribution in [3.63, 3.8) is 0 Å². The van der Waals surface area contributed by atoms with E-state index < -0.39 is 0 Å². The van der Waals surface area contributed by atoms with Gasteiger partial charge in [0, 0.05) is 17.2 Å². The van der Waals surface area contributed by atoms with Crippen molar-refractivity contribution in [3.05, 3.63) is 71.8 Å². The van der Waals surface area contributed by atoms with Gasteiger partial charge < -0.3 is 8.83 Å². The second-order valence-corrected chi connectivity index (χ2v) is 8.02. The van der Waals surface area contributed by atoms with E-state index in [2.05, 4.69) is 38.8 Å². The Labute approximate surface area is 167 Å². The van der Waals surface area contributed by atoms with Gasteiger partial charge in [0.15, 0.2) is 5.16 Å². The molecule has 3 aromatic heterocycles. The first-order valence-electron chi connectivity index (χ1n) is 9.36. The lowest BCUT2D eigenvalue weighted by molar-refractivity contribution is 0.478. The van der Waals surface area contributed by atoms with Crippen LogP contribution in [0.5, 0.6) is 0 Å². The maximum atomic E-state index is 5.67. The molecule has 0 atom stereocenters. The molecule has 0 aliphatic heterocycles. The molecule has 0 bridgehead atoms.